The Morgan fingerprint density at radius 2 is 1.74 bits per heavy atom. The van der Waals surface area contributed by atoms with Crippen LogP contribution in [0.4, 0.5) is 0 Å². The highest BCUT2D eigenvalue weighted by Gasteiger charge is 2.26. The number of piperidine rings is 1. The molecule has 0 unspecified atom stereocenters. The van der Waals surface area contributed by atoms with E-state index < -0.39 is 0 Å². The summed E-state index contributed by atoms with van der Waals surface area (Å²) in [6.07, 6.45) is 11.8. The molecule has 0 bridgehead atoms. The van der Waals surface area contributed by atoms with Crippen molar-refractivity contribution in [2.75, 3.05) is 26.2 Å². The predicted molar refractivity (Wildman–Crippen MR) is 122 cm³/mol. The molecule has 5 heteroatoms. The Morgan fingerprint density at radius 3 is 2.48 bits per heavy atom. The van der Waals surface area contributed by atoms with Crippen LogP contribution in [0.2, 0.25) is 0 Å². The van der Waals surface area contributed by atoms with Crippen molar-refractivity contribution in [3.05, 3.63) is 23.4 Å². The van der Waals surface area contributed by atoms with Gasteiger partial charge in [0.15, 0.2) is 5.58 Å². The topological polar surface area (TPSA) is 58.7 Å². The molecule has 170 valence electrons. The second kappa shape index (κ2) is 9.50. The first-order valence-corrected chi connectivity index (χ1v) is 12.6. The highest BCUT2D eigenvalue weighted by molar-refractivity contribution is 5.84. The number of aliphatic hydroxyl groups is 1. The van der Waals surface area contributed by atoms with Crippen LogP contribution >= 0.6 is 0 Å². The molecule has 1 saturated heterocycles. The van der Waals surface area contributed by atoms with Gasteiger partial charge in [0.25, 0.3) is 0 Å². The zero-order valence-electron chi connectivity index (χ0n) is 19.0. The van der Waals surface area contributed by atoms with Crippen LogP contribution in [0.5, 0.6) is 5.75 Å². The van der Waals surface area contributed by atoms with Crippen LogP contribution in [0.1, 0.15) is 69.0 Å². The molecule has 3 fully saturated rings. The summed E-state index contributed by atoms with van der Waals surface area (Å²) in [5, 5.41) is 15.3. The monoisotopic (exact) mass is 426 g/mol. The molecule has 2 heterocycles. The summed E-state index contributed by atoms with van der Waals surface area (Å²) in [7, 11) is 0. The quantitative estimate of drug-likeness (QED) is 0.635. The number of benzene rings is 1. The van der Waals surface area contributed by atoms with E-state index in [1.54, 1.807) is 0 Å². The van der Waals surface area contributed by atoms with Gasteiger partial charge < -0.3 is 19.3 Å². The largest absolute Gasteiger partial charge is 0.493 e. The molecular weight excluding hydrogens is 388 g/mol. The van der Waals surface area contributed by atoms with Crippen LogP contribution in [-0.4, -0.2) is 47.5 Å². The van der Waals surface area contributed by atoms with E-state index in [1.807, 2.05) is 0 Å². The van der Waals surface area contributed by atoms with Gasteiger partial charge in [0.2, 0.25) is 0 Å². The van der Waals surface area contributed by atoms with Gasteiger partial charge in [-0.05, 0) is 114 Å². The van der Waals surface area contributed by atoms with Crippen LogP contribution < -0.4 is 4.74 Å². The van der Waals surface area contributed by atoms with Gasteiger partial charge in [0, 0.05) is 17.5 Å². The first kappa shape index (κ1) is 21.3. The number of fused-ring (bicyclic) bond motifs is 1. The number of hydrogen-bond acceptors (Lipinski definition) is 5. The standard InChI is InChI=1S/C26H38N2O3/c1-18-25(30-17-21-2-3-21)11-9-23-24(27-31-26(18)23)10-6-19-12-14-28(15-13-19)16-20-4-7-22(29)8-5-20/h9,11,19-22,29H,2-8,10,12-17H2,1H3. The fourth-order valence-electron chi connectivity index (χ4n) is 5.49. The van der Waals surface area contributed by atoms with Crippen LogP contribution in [0.3, 0.4) is 0 Å². The van der Waals surface area contributed by atoms with E-state index in [2.05, 4.69) is 29.1 Å². The number of aromatic nitrogens is 1. The SMILES string of the molecule is Cc1c(OCC2CC2)ccc2c(CCC3CCN(CC4CCC(O)CC4)CC3)noc12. The van der Waals surface area contributed by atoms with Crippen LogP contribution in [0.25, 0.3) is 11.0 Å². The average Bonchev–Trinajstić information content (AvgIpc) is 3.52. The molecule has 0 amide bonds. The molecule has 1 aliphatic heterocycles. The van der Waals surface area contributed by atoms with Crippen molar-refractivity contribution in [2.45, 2.75) is 77.2 Å². The maximum absolute atomic E-state index is 9.71. The van der Waals surface area contributed by atoms with Gasteiger partial charge in [-0.25, -0.2) is 0 Å². The molecule has 0 spiro atoms. The lowest BCUT2D eigenvalue weighted by atomic mass is 9.86. The van der Waals surface area contributed by atoms with Gasteiger partial charge >= 0.3 is 0 Å². The minimum absolute atomic E-state index is 0.0414. The second-order valence-corrected chi connectivity index (χ2v) is 10.4. The lowest BCUT2D eigenvalue weighted by Gasteiger charge is -2.36. The van der Waals surface area contributed by atoms with Crippen molar-refractivity contribution in [2.24, 2.45) is 17.8 Å². The van der Waals surface area contributed by atoms with E-state index >= 15 is 0 Å². The van der Waals surface area contributed by atoms with Crippen molar-refractivity contribution < 1.29 is 14.4 Å². The Labute approximate surface area is 186 Å². The highest BCUT2D eigenvalue weighted by atomic mass is 16.5. The van der Waals surface area contributed by atoms with E-state index in [0.29, 0.717) is 0 Å². The van der Waals surface area contributed by atoms with Crippen molar-refractivity contribution in [1.29, 1.82) is 0 Å². The zero-order valence-corrected chi connectivity index (χ0v) is 19.0. The van der Waals surface area contributed by atoms with Crippen LogP contribution in [-0.2, 0) is 6.42 Å². The highest BCUT2D eigenvalue weighted by Crippen LogP contribution is 2.34. The summed E-state index contributed by atoms with van der Waals surface area (Å²) in [5.74, 6) is 3.28. The average molecular weight is 427 g/mol. The molecule has 0 radical (unpaired) electrons. The third-order valence-electron chi connectivity index (χ3n) is 7.91. The molecule has 5 nitrogen and oxygen atoms in total. The van der Waals surface area contributed by atoms with Crippen molar-refractivity contribution in [3.63, 3.8) is 0 Å². The Kier molecular flexibility index (Phi) is 6.51. The van der Waals surface area contributed by atoms with E-state index in [4.69, 9.17) is 9.26 Å². The number of nitrogens with zero attached hydrogens (tertiary/aromatic N) is 2. The predicted octanol–water partition coefficient (Wildman–Crippen LogP) is 5.12. The first-order chi connectivity index (χ1) is 15.2. The van der Waals surface area contributed by atoms with Gasteiger partial charge in [-0.15, -0.1) is 0 Å². The summed E-state index contributed by atoms with van der Waals surface area (Å²) >= 11 is 0. The third-order valence-corrected chi connectivity index (χ3v) is 7.91. The molecule has 1 aromatic carbocycles. The Hall–Kier alpha value is -1.59. The van der Waals surface area contributed by atoms with E-state index in [1.165, 1.54) is 64.6 Å². The minimum atomic E-state index is -0.0414. The number of aryl methyl sites for hydroxylation is 2. The second-order valence-electron chi connectivity index (χ2n) is 10.4. The molecule has 2 aromatic rings. The molecular formula is C26H38N2O3. The molecule has 3 aliphatic rings. The third kappa shape index (κ3) is 5.25. The summed E-state index contributed by atoms with van der Waals surface area (Å²) in [4.78, 5) is 2.66. The molecule has 1 aromatic heterocycles. The van der Waals surface area contributed by atoms with E-state index in [-0.39, 0.29) is 6.10 Å². The maximum Gasteiger partial charge on any atom is 0.173 e. The number of likely N-dealkylation sites (tertiary alicyclic amines) is 1. The molecule has 2 saturated carbocycles. The van der Waals surface area contributed by atoms with Crippen LogP contribution in [0.15, 0.2) is 16.7 Å². The number of ether oxygens (including phenoxy) is 1. The molecule has 2 aliphatic carbocycles. The Bertz CT molecular complexity index is 859. The normalized spacial score (nSPS) is 25.9. The lowest BCUT2D eigenvalue weighted by Crippen LogP contribution is -2.38. The smallest absolute Gasteiger partial charge is 0.173 e. The van der Waals surface area contributed by atoms with Gasteiger partial charge in [-0.2, -0.15) is 0 Å². The molecule has 31 heavy (non-hydrogen) atoms. The van der Waals surface area contributed by atoms with Gasteiger partial charge in [-0.3, -0.25) is 0 Å². The number of hydrogen-bond donors (Lipinski definition) is 1. The fraction of sp³-hybridized carbons (Fsp3) is 0.731. The number of rotatable bonds is 8. The van der Waals surface area contributed by atoms with Gasteiger partial charge in [-0.1, -0.05) is 5.16 Å². The maximum atomic E-state index is 9.71. The van der Waals surface area contributed by atoms with Crippen molar-refractivity contribution in [1.82, 2.24) is 10.1 Å². The summed E-state index contributed by atoms with van der Waals surface area (Å²) in [6.45, 7) is 6.60. The van der Waals surface area contributed by atoms with Gasteiger partial charge in [0.05, 0.1) is 18.4 Å². The molecule has 5 rings (SSSR count). The zero-order chi connectivity index (χ0) is 21.2. The van der Waals surface area contributed by atoms with E-state index in [9.17, 15) is 5.11 Å². The van der Waals surface area contributed by atoms with Gasteiger partial charge in [0.1, 0.15) is 5.75 Å². The first-order valence-electron chi connectivity index (χ1n) is 12.6. The lowest BCUT2D eigenvalue weighted by molar-refractivity contribution is 0.0842. The Balaban J connectivity index is 1.10. The van der Waals surface area contributed by atoms with Crippen molar-refractivity contribution in [3.8, 4) is 5.75 Å². The minimum Gasteiger partial charge on any atom is -0.493 e. The van der Waals surface area contributed by atoms with E-state index in [0.717, 1.165) is 71.6 Å². The fourth-order valence-corrected chi connectivity index (χ4v) is 5.49. The summed E-state index contributed by atoms with van der Waals surface area (Å²) in [6, 6.07) is 4.24. The summed E-state index contributed by atoms with van der Waals surface area (Å²) in [5.41, 5.74) is 3.09. The Morgan fingerprint density at radius 1 is 1.00 bits per heavy atom. The van der Waals surface area contributed by atoms with Crippen molar-refractivity contribution >= 4 is 11.0 Å². The molecule has 1 N–H and O–H groups in total. The number of aliphatic hydroxyl groups excluding tert-OH is 1. The van der Waals surface area contributed by atoms with Crippen LogP contribution in [0, 0.1) is 24.7 Å². The summed E-state index contributed by atoms with van der Waals surface area (Å²) < 4.78 is 11.7. The molecule has 0 atom stereocenters.